The van der Waals surface area contributed by atoms with E-state index >= 15 is 0 Å². The van der Waals surface area contributed by atoms with Crippen molar-refractivity contribution in [2.45, 2.75) is 20.3 Å². The van der Waals surface area contributed by atoms with Crippen LogP contribution in [0.15, 0.2) is 18.2 Å². The molecular formula is C17H27NO3. The van der Waals surface area contributed by atoms with E-state index in [0.717, 1.165) is 43.0 Å². The minimum absolute atomic E-state index is 0.649. The van der Waals surface area contributed by atoms with Crippen molar-refractivity contribution in [3.8, 4) is 17.2 Å². The van der Waals surface area contributed by atoms with Crippen LogP contribution in [0.2, 0.25) is 0 Å². The summed E-state index contributed by atoms with van der Waals surface area (Å²) in [4.78, 5) is 2.49. The van der Waals surface area contributed by atoms with E-state index in [1.807, 2.05) is 18.2 Å². The van der Waals surface area contributed by atoms with Crippen LogP contribution in [-0.2, 0) is 0 Å². The highest BCUT2D eigenvalue weighted by Crippen LogP contribution is 2.36. The van der Waals surface area contributed by atoms with E-state index in [1.165, 1.54) is 6.42 Å². The van der Waals surface area contributed by atoms with Crippen LogP contribution in [0.5, 0.6) is 17.2 Å². The minimum atomic E-state index is 0.649. The Bertz CT molecular complexity index is 417. The molecule has 0 N–H and O–H groups in total. The molecule has 2 rings (SSSR count). The molecule has 1 aliphatic rings. The number of benzene rings is 1. The fraction of sp³-hybridized carbons (Fsp3) is 0.647. The molecule has 118 valence electrons. The van der Waals surface area contributed by atoms with Crippen molar-refractivity contribution >= 4 is 0 Å². The van der Waals surface area contributed by atoms with Crippen molar-refractivity contribution in [1.82, 2.24) is 4.90 Å². The van der Waals surface area contributed by atoms with Gasteiger partial charge in [0.2, 0.25) is 5.75 Å². The van der Waals surface area contributed by atoms with Gasteiger partial charge in [-0.2, -0.15) is 0 Å². The first-order chi connectivity index (χ1) is 10.1. The van der Waals surface area contributed by atoms with Gasteiger partial charge in [-0.3, -0.25) is 4.90 Å². The fourth-order valence-corrected chi connectivity index (χ4v) is 3.21. The number of piperidine rings is 1. The Hall–Kier alpha value is -1.42. The molecule has 1 aliphatic heterocycles. The largest absolute Gasteiger partial charge is 0.493 e. The number of hydrogen-bond acceptors (Lipinski definition) is 4. The Morgan fingerprint density at radius 3 is 2.14 bits per heavy atom. The first kappa shape index (κ1) is 16.0. The fourth-order valence-electron chi connectivity index (χ4n) is 3.21. The SMILES string of the molecule is COc1cccc(OC)c1OCCN1C[C@@H](C)C[C@H](C)C1. The van der Waals surface area contributed by atoms with Crippen LogP contribution >= 0.6 is 0 Å². The maximum absolute atomic E-state index is 5.93. The highest BCUT2D eigenvalue weighted by Gasteiger charge is 2.21. The van der Waals surface area contributed by atoms with Crippen LogP contribution in [0.3, 0.4) is 0 Å². The molecule has 1 aromatic carbocycles. The number of nitrogens with zero attached hydrogens (tertiary/aromatic N) is 1. The maximum Gasteiger partial charge on any atom is 0.203 e. The predicted molar refractivity (Wildman–Crippen MR) is 84.4 cm³/mol. The molecule has 21 heavy (non-hydrogen) atoms. The second-order valence-corrected chi connectivity index (χ2v) is 6.05. The minimum Gasteiger partial charge on any atom is -0.493 e. The molecule has 0 amide bonds. The summed E-state index contributed by atoms with van der Waals surface area (Å²) in [6.07, 6.45) is 1.33. The second kappa shape index (κ2) is 7.55. The monoisotopic (exact) mass is 293 g/mol. The second-order valence-electron chi connectivity index (χ2n) is 6.05. The van der Waals surface area contributed by atoms with Gasteiger partial charge >= 0.3 is 0 Å². The molecule has 0 aromatic heterocycles. The number of methoxy groups -OCH3 is 2. The van der Waals surface area contributed by atoms with E-state index < -0.39 is 0 Å². The van der Waals surface area contributed by atoms with Gasteiger partial charge in [0.15, 0.2) is 11.5 Å². The van der Waals surface area contributed by atoms with Gasteiger partial charge < -0.3 is 14.2 Å². The summed E-state index contributed by atoms with van der Waals surface area (Å²) < 4.78 is 16.6. The highest BCUT2D eigenvalue weighted by atomic mass is 16.5. The zero-order valence-electron chi connectivity index (χ0n) is 13.6. The zero-order chi connectivity index (χ0) is 15.2. The quantitative estimate of drug-likeness (QED) is 0.806. The Morgan fingerprint density at radius 1 is 1.05 bits per heavy atom. The summed E-state index contributed by atoms with van der Waals surface area (Å²) in [5, 5.41) is 0. The van der Waals surface area contributed by atoms with Gasteiger partial charge in [-0.1, -0.05) is 19.9 Å². The molecule has 1 heterocycles. The molecule has 0 saturated carbocycles. The summed E-state index contributed by atoms with van der Waals surface area (Å²) in [7, 11) is 3.30. The number of likely N-dealkylation sites (tertiary alicyclic amines) is 1. The summed E-state index contributed by atoms with van der Waals surface area (Å²) in [6, 6.07) is 5.68. The molecule has 1 fully saturated rings. The third-order valence-electron chi connectivity index (χ3n) is 3.98. The number of hydrogen-bond donors (Lipinski definition) is 0. The van der Waals surface area contributed by atoms with Crippen LogP contribution < -0.4 is 14.2 Å². The molecule has 1 aromatic rings. The van der Waals surface area contributed by atoms with Crippen molar-refractivity contribution in [2.75, 3.05) is 40.5 Å². The van der Waals surface area contributed by atoms with Crippen LogP contribution in [0.25, 0.3) is 0 Å². The molecular weight excluding hydrogens is 266 g/mol. The number of ether oxygens (including phenoxy) is 3. The molecule has 0 radical (unpaired) electrons. The van der Waals surface area contributed by atoms with Crippen LogP contribution in [-0.4, -0.2) is 45.4 Å². The Labute approximate surface area is 128 Å². The third-order valence-corrected chi connectivity index (χ3v) is 3.98. The molecule has 4 nitrogen and oxygen atoms in total. The lowest BCUT2D eigenvalue weighted by Crippen LogP contribution is -2.40. The Morgan fingerprint density at radius 2 is 1.62 bits per heavy atom. The highest BCUT2D eigenvalue weighted by molar-refractivity contribution is 5.51. The molecule has 0 spiro atoms. The smallest absolute Gasteiger partial charge is 0.203 e. The van der Waals surface area contributed by atoms with Crippen LogP contribution in [0, 0.1) is 11.8 Å². The number of rotatable bonds is 6. The number of para-hydroxylation sites is 1. The van der Waals surface area contributed by atoms with Gasteiger partial charge in [0.25, 0.3) is 0 Å². The van der Waals surface area contributed by atoms with Crippen LogP contribution in [0.1, 0.15) is 20.3 Å². The predicted octanol–water partition coefficient (Wildman–Crippen LogP) is 3.06. The summed E-state index contributed by atoms with van der Waals surface area (Å²) >= 11 is 0. The van der Waals surface area contributed by atoms with Gasteiger partial charge in [0, 0.05) is 19.6 Å². The summed E-state index contributed by atoms with van der Waals surface area (Å²) in [6.45, 7) is 8.57. The van der Waals surface area contributed by atoms with Gasteiger partial charge in [0.1, 0.15) is 6.61 Å². The van der Waals surface area contributed by atoms with E-state index in [2.05, 4.69) is 18.7 Å². The zero-order valence-corrected chi connectivity index (χ0v) is 13.6. The van der Waals surface area contributed by atoms with E-state index in [1.54, 1.807) is 14.2 Å². The topological polar surface area (TPSA) is 30.9 Å². The van der Waals surface area contributed by atoms with E-state index in [-0.39, 0.29) is 0 Å². The first-order valence-corrected chi connectivity index (χ1v) is 7.70. The molecule has 0 unspecified atom stereocenters. The molecule has 4 heteroatoms. The lowest BCUT2D eigenvalue weighted by molar-refractivity contribution is 0.119. The third kappa shape index (κ3) is 4.27. The van der Waals surface area contributed by atoms with Crippen molar-refractivity contribution < 1.29 is 14.2 Å². The van der Waals surface area contributed by atoms with Gasteiger partial charge in [0.05, 0.1) is 14.2 Å². The molecule has 2 atom stereocenters. The summed E-state index contributed by atoms with van der Waals surface area (Å²) in [5.74, 6) is 3.68. The Kier molecular flexibility index (Phi) is 5.74. The van der Waals surface area contributed by atoms with Crippen molar-refractivity contribution in [1.29, 1.82) is 0 Å². The molecule has 0 aliphatic carbocycles. The lowest BCUT2D eigenvalue weighted by atomic mass is 9.92. The van der Waals surface area contributed by atoms with Crippen LogP contribution in [0.4, 0.5) is 0 Å². The average molecular weight is 293 g/mol. The normalized spacial score (nSPS) is 22.9. The molecule has 0 bridgehead atoms. The molecule has 1 saturated heterocycles. The standard InChI is InChI=1S/C17H27NO3/c1-13-10-14(2)12-18(11-13)8-9-21-17-15(19-3)6-5-7-16(17)20-4/h5-7,13-14H,8-12H2,1-4H3/t13-,14-/m0/s1. The van der Waals surface area contributed by atoms with E-state index in [9.17, 15) is 0 Å². The van der Waals surface area contributed by atoms with Crippen molar-refractivity contribution in [2.24, 2.45) is 11.8 Å². The summed E-state index contributed by atoms with van der Waals surface area (Å²) in [5.41, 5.74) is 0. The van der Waals surface area contributed by atoms with Crippen molar-refractivity contribution in [3.63, 3.8) is 0 Å². The van der Waals surface area contributed by atoms with Crippen molar-refractivity contribution in [3.05, 3.63) is 18.2 Å². The average Bonchev–Trinajstić information content (AvgIpc) is 2.46. The van der Waals surface area contributed by atoms with E-state index in [0.29, 0.717) is 12.4 Å². The van der Waals surface area contributed by atoms with Gasteiger partial charge in [-0.25, -0.2) is 0 Å². The van der Waals surface area contributed by atoms with Gasteiger partial charge in [-0.15, -0.1) is 0 Å². The Balaban J connectivity index is 1.91. The first-order valence-electron chi connectivity index (χ1n) is 7.70. The van der Waals surface area contributed by atoms with Gasteiger partial charge in [-0.05, 0) is 30.4 Å². The maximum atomic E-state index is 5.93. The lowest BCUT2D eigenvalue weighted by Gasteiger charge is -2.34. The van der Waals surface area contributed by atoms with E-state index in [4.69, 9.17) is 14.2 Å².